The van der Waals surface area contributed by atoms with Gasteiger partial charge in [-0.1, -0.05) is 6.92 Å². The summed E-state index contributed by atoms with van der Waals surface area (Å²) in [6.07, 6.45) is 4.72. The highest BCUT2D eigenvalue weighted by Crippen LogP contribution is 2.26. The average molecular weight is 236 g/mol. The van der Waals surface area contributed by atoms with Crippen LogP contribution < -0.4 is 5.32 Å². The van der Waals surface area contributed by atoms with Gasteiger partial charge in [-0.2, -0.15) is 0 Å². The van der Waals surface area contributed by atoms with Crippen LogP contribution >= 0.6 is 11.3 Å². The Balaban J connectivity index is 2.39. The zero-order valence-corrected chi connectivity index (χ0v) is 10.6. The van der Waals surface area contributed by atoms with Crippen molar-refractivity contribution in [2.75, 3.05) is 7.05 Å². The summed E-state index contributed by atoms with van der Waals surface area (Å²) in [6.45, 7) is 3.02. The molecule has 0 atom stereocenters. The Morgan fingerprint density at radius 3 is 2.88 bits per heavy atom. The minimum atomic E-state index is 0.880. The second-order valence-electron chi connectivity index (χ2n) is 3.63. The molecule has 0 aliphatic rings. The van der Waals surface area contributed by atoms with Crippen molar-refractivity contribution in [3.63, 3.8) is 0 Å². The Bertz CT molecular complexity index is 472. The maximum atomic E-state index is 4.65. The van der Waals surface area contributed by atoms with Crippen LogP contribution in [0.3, 0.4) is 0 Å². The molecule has 2 aromatic heterocycles. The lowest BCUT2D eigenvalue weighted by molar-refractivity contribution is 0.814. The fourth-order valence-corrected chi connectivity index (χ4v) is 2.83. The summed E-state index contributed by atoms with van der Waals surface area (Å²) >= 11 is 1.72. The van der Waals surface area contributed by atoms with Crippen LogP contribution in [0.25, 0.3) is 10.8 Å². The molecule has 4 nitrogen and oxygen atoms in total. The molecule has 0 saturated heterocycles. The molecular weight excluding hydrogens is 220 g/mol. The van der Waals surface area contributed by atoms with Crippen LogP contribution in [-0.4, -0.2) is 21.6 Å². The summed E-state index contributed by atoms with van der Waals surface area (Å²) in [6, 6.07) is 0. The summed E-state index contributed by atoms with van der Waals surface area (Å²) in [5.74, 6) is 0.946. The maximum Gasteiger partial charge on any atom is 0.168 e. The Morgan fingerprint density at radius 1 is 1.50 bits per heavy atom. The number of imidazole rings is 1. The minimum absolute atomic E-state index is 0.880. The first kappa shape index (κ1) is 11.3. The van der Waals surface area contributed by atoms with Gasteiger partial charge in [-0.25, -0.2) is 9.97 Å². The van der Waals surface area contributed by atoms with Gasteiger partial charge in [0.2, 0.25) is 0 Å². The van der Waals surface area contributed by atoms with Gasteiger partial charge in [-0.15, -0.1) is 11.3 Å². The molecular formula is C11H16N4S. The third kappa shape index (κ3) is 2.01. The molecule has 2 rings (SSSR count). The molecule has 0 aliphatic heterocycles. The molecule has 0 unspecified atom stereocenters. The molecule has 0 aromatic carbocycles. The number of rotatable bonds is 4. The van der Waals surface area contributed by atoms with Crippen molar-refractivity contribution in [3.8, 4) is 10.8 Å². The predicted molar refractivity (Wildman–Crippen MR) is 66.5 cm³/mol. The molecule has 0 saturated carbocycles. The van der Waals surface area contributed by atoms with Crippen LogP contribution in [0.4, 0.5) is 0 Å². The van der Waals surface area contributed by atoms with Crippen molar-refractivity contribution < 1.29 is 0 Å². The summed E-state index contributed by atoms with van der Waals surface area (Å²) in [5, 5.41) is 4.18. The van der Waals surface area contributed by atoms with Gasteiger partial charge in [-0.3, -0.25) is 0 Å². The third-order valence-corrected chi connectivity index (χ3v) is 3.56. The number of thiazole rings is 1. The first-order valence-corrected chi connectivity index (χ1v) is 6.18. The molecule has 0 spiro atoms. The van der Waals surface area contributed by atoms with Crippen LogP contribution in [-0.2, 0) is 20.0 Å². The van der Waals surface area contributed by atoms with Crippen molar-refractivity contribution in [2.45, 2.75) is 19.9 Å². The number of hydrogen-bond donors (Lipinski definition) is 1. The van der Waals surface area contributed by atoms with Gasteiger partial charge in [0.1, 0.15) is 0 Å². The lowest BCUT2D eigenvalue weighted by Gasteiger charge is -1.96. The molecule has 5 heteroatoms. The highest BCUT2D eigenvalue weighted by Gasteiger charge is 2.13. The van der Waals surface area contributed by atoms with E-state index >= 15 is 0 Å². The van der Waals surface area contributed by atoms with Crippen molar-refractivity contribution in [1.82, 2.24) is 19.9 Å². The van der Waals surface area contributed by atoms with Gasteiger partial charge >= 0.3 is 0 Å². The van der Waals surface area contributed by atoms with Crippen LogP contribution in [0.1, 0.15) is 17.5 Å². The van der Waals surface area contributed by atoms with Gasteiger partial charge in [0.25, 0.3) is 0 Å². The van der Waals surface area contributed by atoms with E-state index in [1.807, 2.05) is 24.9 Å². The number of nitrogens with zero attached hydrogens (tertiary/aromatic N) is 3. The number of aromatic nitrogens is 3. The van der Waals surface area contributed by atoms with E-state index in [1.54, 1.807) is 17.5 Å². The number of aryl methyl sites for hydroxylation is 2. The highest BCUT2D eigenvalue weighted by molar-refractivity contribution is 7.15. The van der Waals surface area contributed by atoms with Gasteiger partial charge in [0, 0.05) is 30.9 Å². The van der Waals surface area contributed by atoms with E-state index in [1.165, 1.54) is 10.6 Å². The van der Waals surface area contributed by atoms with Crippen molar-refractivity contribution >= 4 is 11.3 Å². The van der Waals surface area contributed by atoms with E-state index in [2.05, 4.69) is 22.2 Å². The SMILES string of the molecule is CCc1nc(-c2nccn2C)sc1CNC. The summed E-state index contributed by atoms with van der Waals surface area (Å²) in [4.78, 5) is 10.3. The van der Waals surface area contributed by atoms with Gasteiger partial charge in [0.15, 0.2) is 10.8 Å². The monoisotopic (exact) mass is 236 g/mol. The molecule has 1 N–H and O–H groups in total. The predicted octanol–water partition coefficient (Wildman–Crippen LogP) is 1.83. The zero-order chi connectivity index (χ0) is 11.5. The second kappa shape index (κ2) is 4.76. The van der Waals surface area contributed by atoms with Gasteiger partial charge < -0.3 is 9.88 Å². The van der Waals surface area contributed by atoms with Crippen LogP contribution in [0.15, 0.2) is 12.4 Å². The third-order valence-electron chi connectivity index (χ3n) is 2.46. The molecule has 2 heterocycles. The van der Waals surface area contributed by atoms with Crippen LogP contribution in [0.2, 0.25) is 0 Å². The highest BCUT2D eigenvalue weighted by atomic mass is 32.1. The fourth-order valence-electron chi connectivity index (χ4n) is 1.63. The standard InChI is InChI=1S/C11H16N4S/c1-4-8-9(7-12-2)16-11(14-8)10-13-5-6-15(10)3/h5-6,12H,4,7H2,1-3H3. The fraction of sp³-hybridized carbons (Fsp3) is 0.455. The summed E-state index contributed by atoms with van der Waals surface area (Å²) in [7, 11) is 3.95. The van der Waals surface area contributed by atoms with E-state index in [-0.39, 0.29) is 0 Å². The first-order chi connectivity index (χ1) is 7.76. The average Bonchev–Trinajstić information content (AvgIpc) is 2.85. The molecule has 16 heavy (non-hydrogen) atoms. The normalized spacial score (nSPS) is 10.9. The minimum Gasteiger partial charge on any atom is -0.332 e. The molecule has 2 aromatic rings. The smallest absolute Gasteiger partial charge is 0.168 e. The van der Waals surface area contributed by atoms with Crippen molar-refractivity contribution in [2.24, 2.45) is 7.05 Å². The Labute approximate surface area is 99.4 Å². The van der Waals surface area contributed by atoms with E-state index in [4.69, 9.17) is 0 Å². The quantitative estimate of drug-likeness (QED) is 0.880. The lowest BCUT2D eigenvalue weighted by atomic mass is 10.3. The molecule has 0 radical (unpaired) electrons. The van der Waals surface area contributed by atoms with Crippen LogP contribution in [0, 0.1) is 0 Å². The largest absolute Gasteiger partial charge is 0.332 e. The topological polar surface area (TPSA) is 42.7 Å². The second-order valence-corrected chi connectivity index (χ2v) is 4.72. The lowest BCUT2D eigenvalue weighted by Crippen LogP contribution is -2.05. The first-order valence-electron chi connectivity index (χ1n) is 5.37. The maximum absolute atomic E-state index is 4.65. The number of nitrogens with one attached hydrogen (secondary N) is 1. The number of hydrogen-bond acceptors (Lipinski definition) is 4. The molecule has 0 fully saturated rings. The van der Waals surface area contributed by atoms with Gasteiger partial charge in [-0.05, 0) is 13.5 Å². The summed E-state index contributed by atoms with van der Waals surface area (Å²) < 4.78 is 2.00. The van der Waals surface area contributed by atoms with Gasteiger partial charge in [0.05, 0.1) is 5.69 Å². The molecule has 0 amide bonds. The van der Waals surface area contributed by atoms with Crippen LogP contribution in [0.5, 0.6) is 0 Å². The summed E-state index contributed by atoms with van der Waals surface area (Å²) in [5.41, 5.74) is 1.18. The molecule has 86 valence electrons. The van der Waals surface area contributed by atoms with E-state index in [0.717, 1.165) is 23.8 Å². The van der Waals surface area contributed by atoms with E-state index in [9.17, 15) is 0 Å². The van der Waals surface area contributed by atoms with Crippen molar-refractivity contribution in [3.05, 3.63) is 23.0 Å². The van der Waals surface area contributed by atoms with Crippen molar-refractivity contribution in [1.29, 1.82) is 0 Å². The molecule has 0 bridgehead atoms. The van der Waals surface area contributed by atoms with E-state index < -0.39 is 0 Å². The molecule has 0 aliphatic carbocycles. The van der Waals surface area contributed by atoms with E-state index in [0.29, 0.717) is 0 Å². The Hall–Kier alpha value is -1.20. The Morgan fingerprint density at radius 2 is 2.31 bits per heavy atom. The Kier molecular flexibility index (Phi) is 3.36. The zero-order valence-electron chi connectivity index (χ0n) is 9.82.